The third kappa shape index (κ3) is 7.18. The number of rotatable bonds is 7. The van der Waals surface area contributed by atoms with E-state index in [9.17, 15) is 20.0 Å². The van der Waals surface area contributed by atoms with Gasteiger partial charge >= 0.3 is 0 Å². The zero-order chi connectivity index (χ0) is 36.7. The van der Waals surface area contributed by atoms with Crippen molar-refractivity contribution in [2.75, 3.05) is 37.7 Å². The Bertz CT molecular complexity index is 2210. The van der Waals surface area contributed by atoms with E-state index in [0.717, 1.165) is 37.3 Å². The van der Waals surface area contributed by atoms with Crippen molar-refractivity contribution >= 4 is 47.2 Å². The van der Waals surface area contributed by atoms with E-state index in [1.165, 1.54) is 17.7 Å². The van der Waals surface area contributed by atoms with Gasteiger partial charge in [-0.05, 0) is 86.0 Å². The first-order valence-electron chi connectivity index (χ1n) is 17.4. The predicted octanol–water partition coefficient (Wildman–Crippen LogP) is 7.18. The average molecular weight is 754 g/mol. The number of phenols is 1. The Morgan fingerprint density at radius 2 is 1.62 bits per heavy atom. The monoisotopic (exact) mass is 752 g/mol. The molecule has 0 bridgehead atoms. The molecule has 2 aromatic heterocycles. The summed E-state index contributed by atoms with van der Waals surface area (Å²) in [6, 6.07) is 25.7. The fourth-order valence-corrected chi connectivity index (χ4v) is 7.59. The normalized spacial score (nSPS) is 15.7. The molecule has 1 saturated heterocycles. The lowest BCUT2D eigenvalue weighted by atomic mass is 9.92. The molecule has 10 nitrogen and oxygen atoms in total. The molecule has 2 aliphatic heterocycles. The quantitative estimate of drug-likeness (QED) is 0.189. The summed E-state index contributed by atoms with van der Waals surface area (Å²) < 4.78 is 9.26. The molecule has 3 aromatic carbocycles. The number of hydrogen-bond donors (Lipinski definition) is 1. The number of carbonyl (C=O) groups excluding carboxylic acids is 2. The molecule has 7 rings (SSSR count). The Morgan fingerprint density at radius 3 is 2.30 bits per heavy atom. The second-order valence-corrected chi connectivity index (χ2v) is 14.0. The highest BCUT2D eigenvalue weighted by Gasteiger charge is 2.34. The van der Waals surface area contributed by atoms with Gasteiger partial charge in [-0.3, -0.25) is 19.4 Å². The van der Waals surface area contributed by atoms with Crippen molar-refractivity contribution in [3.05, 3.63) is 123 Å². The second kappa shape index (κ2) is 15.5. The molecule has 1 N–H and O–H groups in total. The van der Waals surface area contributed by atoms with Gasteiger partial charge in [0.15, 0.2) is 0 Å². The Labute approximate surface area is 320 Å². The number of nitriles is 1. The topological polar surface area (TPSA) is 107 Å². The van der Waals surface area contributed by atoms with Crippen LogP contribution < -0.4 is 4.90 Å². The van der Waals surface area contributed by atoms with Crippen molar-refractivity contribution < 1.29 is 19.4 Å². The smallest absolute Gasteiger partial charge is 0.264 e. The number of nitrogens with zero attached hydrogens (tertiary/aromatic N) is 6. The Morgan fingerprint density at radius 1 is 0.925 bits per heavy atom. The number of amides is 2. The lowest BCUT2D eigenvalue weighted by Gasteiger charge is -2.40. The zero-order valence-electron chi connectivity index (χ0n) is 30.2. The van der Waals surface area contributed by atoms with E-state index in [4.69, 9.17) is 16.3 Å². The molecular formula is C41H42Cl2N6O4. The third-order valence-corrected chi connectivity index (χ3v) is 10.9. The minimum atomic E-state index is -0.323. The summed E-state index contributed by atoms with van der Waals surface area (Å²) in [7, 11) is 3.66. The van der Waals surface area contributed by atoms with Crippen LogP contribution in [0.25, 0.3) is 11.3 Å². The predicted molar refractivity (Wildman–Crippen MR) is 208 cm³/mol. The van der Waals surface area contributed by atoms with Crippen LogP contribution in [0, 0.1) is 25.2 Å². The molecule has 2 amide bonds. The number of aromatic nitrogens is 2. The molecular weight excluding hydrogens is 711 g/mol. The summed E-state index contributed by atoms with van der Waals surface area (Å²) in [6.07, 6.45) is 0.754. The molecule has 4 heterocycles. The van der Waals surface area contributed by atoms with Crippen LogP contribution in [0.4, 0.5) is 11.4 Å². The summed E-state index contributed by atoms with van der Waals surface area (Å²) in [6.45, 7) is 7.98. The maximum atomic E-state index is 14.8. The van der Waals surface area contributed by atoms with Crippen molar-refractivity contribution in [1.82, 2.24) is 18.9 Å². The molecule has 2 aliphatic rings. The average Bonchev–Trinajstić information content (AvgIpc) is 3.61. The Hall–Kier alpha value is -5.05. The van der Waals surface area contributed by atoms with Crippen LogP contribution in [0.15, 0.2) is 78.9 Å². The van der Waals surface area contributed by atoms with Gasteiger partial charge in [-0.2, -0.15) is 5.26 Å². The van der Waals surface area contributed by atoms with Gasteiger partial charge in [0.1, 0.15) is 17.5 Å². The van der Waals surface area contributed by atoms with E-state index in [0.29, 0.717) is 69.9 Å². The summed E-state index contributed by atoms with van der Waals surface area (Å²) in [5, 5.41) is 20.3. The number of morpholine rings is 1. The number of halogens is 2. The Balaban J connectivity index is 0.00000481. The zero-order valence-corrected chi connectivity index (χ0v) is 31.7. The molecule has 12 heteroatoms. The van der Waals surface area contributed by atoms with Crippen molar-refractivity contribution in [2.45, 2.75) is 32.9 Å². The van der Waals surface area contributed by atoms with E-state index in [2.05, 4.69) is 29.2 Å². The van der Waals surface area contributed by atoms with Crippen LogP contribution in [0.3, 0.4) is 0 Å². The van der Waals surface area contributed by atoms with Crippen molar-refractivity contribution in [2.24, 2.45) is 14.1 Å². The molecule has 1 fully saturated rings. The highest BCUT2D eigenvalue weighted by atomic mass is 35.5. The number of fused-ring (bicyclic) bond motifs is 1. The molecule has 0 aliphatic carbocycles. The SMILES string of the molecule is Cc1c(N(C(=O)c2cc(-c3cc(Cl)ccc3C(=O)N3Cc4ccccc4CC3CN3CCOCC3)n(C)c2C)c2ccc(O)cc2)cc(C#N)n1C.Cl. The number of benzene rings is 3. The molecule has 0 saturated carbocycles. The van der Waals surface area contributed by atoms with Gasteiger partial charge in [0.25, 0.3) is 11.8 Å². The Kier molecular flexibility index (Phi) is 11.0. The van der Waals surface area contributed by atoms with Crippen LogP contribution in [-0.4, -0.2) is 74.7 Å². The third-order valence-electron chi connectivity index (χ3n) is 10.6. The van der Waals surface area contributed by atoms with Gasteiger partial charge < -0.3 is 23.9 Å². The van der Waals surface area contributed by atoms with Gasteiger partial charge in [0, 0.05) is 85.2 Å². The van der Waals surface area contributed by atoms with Gasteiger partial charge in [-0.25, -0.2) is 0 Å². The van der Waals surface area contributed by atoms with Crippen molar-refractivity contribution in [3.8, 4) is 23.1 Å². The number of hydrogen-bond acceptors (Lipinski definition) is 6. The first-order chi connectivity index (χ1) is 25.0. The fourth-order valence-electron chi connectivity index (χ4n) is 7.42. The lowest BCUT2D eigenvalue weighted by Crippen LogP contribution is -2.52. The summed E-state index contributed by atoms with van der Waals surface area (Å²) >= 11 is 6.64. The van der Waals surface area contributed by atoms with E-state index in [1.54, 1.807) is 52.9 Å². The maximum absolute atomic E-state index is 14.8. The minimum absolute atomic E-state index is 0. The lowest BCUT2D eigenvalue weighted by molar-refractivity contribution is 0.0193. The second-order valence-electron chi connectivity index (χ2n) is 13.6. The van der Waals surface area contributed by atoms with E-state index in [1.807, 2.05) is 42.5 Å². The van der Waals surface area contributed by atoms with E-state index >= 15 is 0 Å². The van der Waals surface area contributed by atoms with Crippen LogP contribution in [0.5, 0.6) is 5.75 Å². The molecule has 1 unspecified atom stereocenters. The number of ether oxygens (including phenoxy) is 1. The van der Waals surface area contributed by atoms with E-state index < -0.39 is 0 Å². The molecule has 5 aromatic rings. The molecule has 0 radical (unpaired) electrons. The summed E-state index contributed by atoms with van der Waals surface area (Å²) in [5.41, 5.74) is 7.52. The van der Waals surface area contributed by atoms with Crippen molar-refractivity contribution in [1.29, 1.82) is 5.26 Å². The number of anilines is 2. The number of phenolic OH excluding ortho intramolecular Hbond substituents is 1. The highest BCUT2D eigenvalue weighted by Crippen LogP contribution is 2.37. The van der Waals surface area contributed by atoms with Crippen LogP contribution in [0.2, 0.25) is 5.02 Å². The standard InChI is InChI=1S/C41H41ClN6O4.ClH/c1-26-36(41(51)48(31-10-12-34(49)13-11-31)38-21-32(23-43)44(3)27(38)2)22-39(45(26)4)37-20-30(42)9-14-35(37)40(50)47-24-29-8-6-5-7-28(29)19-33(47)25-46-15-17-52-18-16-46;/h5-14,20-22,33,49H,15-19,24-25H2,1-4H3;1H. The van der Waals surface area contributed by atoms with Gasteiger partial charge in [-0.15, -0.1) is 12.4 Å². The fraction of sp³-hybridized carbons (Fsp3) is 0.293. The molecule has 53 heavy (non-hydrogen) atoms. The van der Waals surface area contributed by atoms with Gasteiger partial charge in [0.2, 0.25) is 0 Å². The first kappa shape index (κ1) is 37.7. The number of carbonyl (C=O) groups is 2. The maximum Gasteiger partial charge on any atom is 0.264 e. The van der Waals surface area contributed by atoms with Gasteiger partial charge in [-0.1, -0.05) is 35.9 Å². The van der Waals surface area contributed by atoms with E-state index in [-0.39, 0.29) is 36.0 Å². The van der Waals surface area contributed by atoms with Gasteiger partial charge in [0.05, 0.1) is 24.5 Å². The van der Waals surface area contributed by atoms with Crippen molar-refractivity contribution in [3.63, 3.8) is 0 Å². The van der Waals surface area contributed by atoms with Crippen LogP contribution in [0.1, 0.15) is 48.9 Å². The van der Waals surface area contributed by atoms with Crippen LogP contribution >= 0.6 is 24.0 Å². The highest BCUT2D eigenvalue weighted by molar-refractivity contribution is 6.31. The molecule has 0 spiro atoms. The largest absolute Gasteiger partial charge is 0.508 e. The number of aromatic hydroxyl groups is 1. The minimum Gasteiger partial charge on any atom is -0.508 e. The molecule has 1 atom stereocenters. The first-order valence-corrected chi connectivity index (χ1v) is 17.8. The van der Waals surface area contributed by atoms with Crippen LogP contribution in [-0.2, 0) is 31.8 Å². The summed E-state index contributed by atoms with van der Waals surface area (Å²) in [5.74, 6) is -0.350. The molecule has 274 valence electrons. The summed E-state index contributed by atoms with van der Waals surface area (Å²) in [4.78, 5) is 35.5.